The number of amides is 1. The first-order valence-electron chi connectivity index (χ1n) is 7.91. The Morgan fingerprint density at radius 3 is 2.44 bits per heavy atom. The molecule has 0 saturated heterocycles. The van der Waals surface area contributed by atoms with Crippen molar-refractivity contribution in [2.24, 2.45) is 0 Å². The number of hydrogen-bond acceptors (Lipinski definition) is 2. The Balaban J connectivity index is 1.58. The largest absolute Gasteiger partial charge is 0.358 e. The second-order valence-corrected chi connectivity index (χ2v) is 6.45. The Morgan fingerprint density at radius 2 is 1.60 bits per heavy atom. The van der Waals surface area contributed by atoms with E-state index in [9.17, 15) is 4.79 Å². The Kier molecular flexibility index (Phi) is 5.64. The van der Waals surface area contributed by atoms with Crippen LogP contribution in [-0.2, 0) is 17.8 Å². The van der Waals surface area contributed by atoms with Gasteiger partial charge in [0.2, 0.25) is 5.91 Å². The van der Waals surface area contributed by atoms with Crippen LogP contribution in [0.25, 0.3) is 10.8 Å². The number of carbonyl (C=O) groups is 1. The van der Waals surface area contributed by atoms with Crippen molar-refractivity contribution in [2.45, 2.75) is 13.0 Å². The van der Waals surface area contributed by atoms with E-state index in [4.69, 9.17) is 23.8 Å². The number of hydrogen-bond donors (Lipinski definition) is 2. The van der Waals surface area contributed by atoms with Crippen molar-refractivity contribution in [3.63, 3.8) is 0 Å². The topological polar surface area (TPSA) is 41.1 Å². The van der Waals surface area contributed by atoms with E-state index < -0.39 is 0 Å². The summed E-state index contributed by atoms with van der Waals surface area (Å²) in [6, 6.07) is 21.5. The van der Waals surface area contributed by atoms with Crippen LogP contribution < -0.4 is 10.6 Å². The molecule has 0 radical (unpaired) electrons. The lowest BCUT2D eigenvalue weighted by molar-refractivity contribution is -0.119. The van der Waals surface area contributed by atoms with Crippen molar-refractivity contribution >= 4 is 45.6 Å². The lowest BCUT2D eigenvalue weighted by Crippen LogP contribution is -2.39. The first-order valence-corrected chi connectivity index (χ1v) is 8.70. The number of halogens is 1. The van der Waals surface area contributed by atoms with Crippen molar-refractivity contribution in [3.05, 3.63) is 82.9 Å². The monoisotopic (exact) mass is 368 g/mol. The van der Waals surface area contributed by atoms with Gasteiger partial charge in [-0.15, -0.1) is 0 Å². The third-order valence-corrected chi connectivity index (χ3v) is 4.50. The molecule has 0 aliphatic heterocycles. The van der Waals surface area contributed by atoms with Crippen LogP contribution in [0.4, 0.5) is 0 Å². The summed E-state index contributed by atoms with van der Waals surface area (Å²) >= 11 is 11.3. The Morgan fingerprint density at radius 1 is 0.920 bits per heavy atom. The van der Waals surface area contributed by atoms with Crippen molar-refractivity contribution < 1.29 is 4.79 Å². The molecular weight excluding hydrogens is 352 g/mol. The highest BCUT2D eigenvalue weighted by atomic mass is 35.5. The Bertz CT molecular complexity index is 921. The first kappa shape index (κ1) is 17.4. The summed E-state index contributed by atoms with van der Waals surface area (Å²) in [6.07, 6.45) is 0.273. The lowest BCUT2D eigenvalue weighted by atomic mass is 10.0. The molecule has 3 rings (SSSR count). The zero-order valence-electron chi connectivity index (χ0n) is 13.5. The molecule has 0 saturated carbocycles. The molecule has 0 aromatic heterocycles. The average Bonchev–Trinajstić information content (AvgIpc) is 2.61. The molecule has 0 aliphatic carbocycles. The molecule has 126 valence electrons. The predicted octanol–water partition coefficient (Wildman–Crippen LogP) is 4.23. The van der Waals surface area contributed by atoms with E-state index in [1.165, 1.54) is 0 Å². The molecule has 25 heavy (non-hydrogen) atoms. The van der Waals surface area contributed by atoms with Crippen molar-refractivity contribution in [1.29, 1.82) is 0 Å². The molecule has 3 aromatic carbocycles. The minimum atomic E-state index is -0.145. The fraction of sp³-hybridized carbons (Fsp3) is 0.100. The molecule has 0 aliphatic rings. The highest BCUT2D eigenvalue weighted by Gasteiger charge is 2.09. The van der Waals surface area contributed by atoms with Gasteiger partial charge in [-0.05, 0) is 40.2 Å². The third kappa shape index (κ3) is 4.56. The molecule has 2 N–H and O–H groups in total. The van der Waals surface area contributed by atoms with E-state index >= 15 is 0 Å². The SMILES string of the molecule is O=C(Cc1cccc2ccccc12)NC(=S)NCc1ccccc1Cl. The van der Waals surface area contributed by atoms with Gasteiger partial charge < -0.3 is 10.6 Å². The number of fused-ring (bicyclic) bond motifs is 1. The van der Waals surface area contributed by atoms with Crippen LogP contribution in [0.5, 0.6) is 0 Å². The van der Waals surface area contributed by atoms with Crippen LogP contribution in [0.2, 0.25) is 5.02 Å². The normalized spacial score (nSPS) is 10.4. The van der Waals surface area contributed by atoms with Gasteiger partial charge in [0.15, 0.2) is 5.11 Å². The highest BCUT2D eigenvalue weighted by Crippen LogP contribution is 2.19. The van der Waals surface area contributed by atoms with E-state index in [-0.39, 0.29) is 12.3 Å². The van der Waals surface area contributed by atoms with Crippen LogP contribution in [0.1, 0.15) is 11.1 Å². The summed E-state index contributed by atoms with van der Waals surface area (Å²) in [5.41, 5.74) is 1.90. The summed E-state index contributed by atoms with van der Waals surface area (Å²) in [4.78, 5) is 12.3. The van der Waals surface area contributed by atoms with Crippen molar-refractivity contribution in [3.8, 4) is 0 Å². The Labute approximate surface area is 157 Å². The summed E-state index contributed by atoms with van der Waals surface area (Å²) in [5, 5.41) is 8.89. The molecule has 0 unspecified atom stereocenters. The molecule has 0 fully saturated rings. The Hall–Kier alpha value is -2.43. The van der Waals surface area contributed by atoms with Gasteiger partial charge in [0.25, 0.3) is 0 Å². The van der Waals surface area contributed by atoms with E-state index in [1.54, 1.807) is 0 Å². The number of rotatable bonds is 4. The van der Waals surface area contributed by atoms with Crippen molar-refractivity contribution in [2.75, 3.05) is 0 Å². The summed E-state index contributed by atoms with van der Waals surface area (Å²) in [6.45, 7) is 0.465. The fourth-order valence-electron chi connectivity index (χ4n) is 2.65. The maximum Gasteiger partial charge on any atom is 0.230 e. The second-order valence-electron chi connectivity index (χ2n) is 5.64. The molecule has 3 aromatic rings. The number of thiocarbonyl (C=S) groups is 1. The lowest BCUT2D eigenvalue weighted by Gasteiger charge is -2.11. The smallest absolute Gasteiger partial charge is 0.230 e. The minimum absolute atomic E-state index is 0.145. The fourth-order valence-corrected chi connectivity index (χ4v) is 3.04. The van der Waals surface area contributed by atoms with Gasteiger partial charge in [-0.25, -0.2) is 0 Å². The third-order valence-electron chi connectivity index (χ3n) is 3.88. The summed E-state index contributed by atoms with van der Waals surface area (Å²) in [5.74, 6) is -0.145. The highest BCUT2D eigenvalue weighted by molar-refractivity contribution is 7.80. The zero-order chi connectivity index (χ0) is 17.6. The molecule has 0 spiro atoms. The summed E-state index contributed by atoms with van der Waals surface area (Å²) in [7, 11) is 0. The first-order chi connectivity index (χ1) is 12.1. The second kappa shape index (κ2) is 8.10. The zero-order valence-corrected chi connectivity index (χ0v) is 15.0. The molecule has 0 atom stereocenters. The molecule has 3 nitrogen and oxygen atoms in total. The molecule has 0 heterocycles. The average molecular weight is 369 g/mol. The van der Waals surface area contributed by atoms with Gasteiger partial charge in [0, 0.05) is 11.6 Å². The number of benzene rings is 3. The van der Waals surface area contributed by atoms with Gasteiger partial charge >= 0.3 is 0 Å². The van der Waals surface area contributed by atoms with Crippen LogP contribution in [0, 0.1) is 0 Å². The van der Waals surface area contributed by atoms with Gasteiger partial charge in [0.1, 0.15) is 0 Å². The van der Waals surface area contributed by atoms with E-state index in [1.807, 2.05) is 66.7 Å². The maximum absolute atomic E-state index is 12.3. The van der Waals surface area contributed by atoms with Gasteiger partial charge in [0.05, 0.1) is 6.42 Å². The van der Waals surface area contributed by atoms with Gasteiger partial charge in [-0.2, -0.15) is 0 Å². The molecular formula is C20H17ClN2OS. The molecule has 1 amide bonds. The molecule has 5 heteroatoms. The number of nitrogens with one attached hydrogen (secondary N) is 2. The van der Waals surface area contributed by atoms with Crippen molar-refractivity contribution in [1.82, 2.24) is 10.6 Å². The van der Waals surface area contributed by atoms with Gasteiger partial charge in [-0.1, -0.05) is 72.3 Å². The quantitative estimate of drug-likeness (QED) is 0.677. The van der Waals surface area contributed by atoms with E-state index in [0.717, 1.165) is 21.9 Å². The van der Waals surface area contributed by atoms with Gasteiger partial charge in [-0.3, -0.25) is 4.79 Å². The van der Waals surface area contributed by atoms with E-state index in [0.29, 0.717) is 16.7 Å². The minimum Gasteiger partial charge on any atom is -0.358 e. The molecule has 0 bridgehead atoms. The predicted molar refractivity (Wildman–Crippen MR) is 107 cm³/mol. The van der Waals surface area contributed by atoms with E-state index in [2.05, 4.69) is 10.6 Å². The number of carbonyl (C=O) groups excluding carboxylic acids is 1. The van der Waals surface area contributed by atoms with Crippen LogP contribution >= 0.6 is 23.8 Å². The van der Waals surface area contributed by atoms with Crippen LogP contribution in [-0.4, -0.2) is 11.0 Å². The standard InChI is InChI=1S/C20H17ClN2OS/c21-18-11-4-2-7-16(18)13-22-20(25)23-19(24)12-15-9-5-8-14-6-1-3-10-17(14)15/h1-11H,12-13H2,(H2,22,23,24,25). The van der Waals surface area contributed by atoms with Crippen LogP contribution in [0.3, 0.4) is 0 Å². The van der Waals surface area contributed by atoms with Crippen LogP contribution in [0.15, 0.2) is 66.7 Å². The summed E-state index contributed by atoms with van der Waals surface area (Å²) < 4.78 is 0. The maximum atomic E-state index is 12.3.